The number of halogens is 4. The van der Waals surface area contributed by atoms with Gasteiger partial charge in [-0.2, -0.15) is 13.2 Å². The number of carbonyl (C=O) groups is 1. The van der Waals surface area contributed by atoms with Crippen LogP contribution in [0.2, 0.25) is 5.02 Å². The van der Waals surface area contributed by atoms with Gasteiger partial charge in [-0.1, -0.05) is 41.9 Å². The lowest BCUT2D eigenvalue weighted by Gasteiger charge is -2.35. The zero-order chi connectivity index (χ0) is 22.3. The van der Waals surface area contributed by atoms with E-state index in [1.165, 1.54) is 24.3 Å². The van der Waals surface area contributed by atoms with Crippen LogP contribution in [0.5, 0.6) is 0 Å². The molecule has 2 atom stereocenters. The monoisotopic (exact) mass is 456 g/mol. The summed E-state index contributed by atoms with van der Waals surface area (Å²) in [5.74, 6) is 0. The van der Waals surface area contributed by atoms with E-state index in [1.807, 2.05) is 30.3 Å². The van der Waals surface area contributed by atoms with Crippen LogP contribution in [-0.2, 0) is 16.1 Å². The third-order valence-corrected chi connectivity index (χ3v) is 5.17. The van der Waals surface area contributed by atoms with Gasteiger partial charge in [-0.15, -0.1) is 0 Å². The summed E-state index contributed by atoms with van der Waals surface area (Å²) in [6.07, 6.45) is -6.79. The second-order valence-corrected chi connectivity index (χ2v) is 7.82. The number of anilines is 1. The van der Waals surface area contributed by atoms with Crippen LogP contribution in [0, 0.1) is 0 Å². The molecule has 0 radical (unpaired) electrons. The zero-order valence-corrected chi connectivity index (χ0v) is 17.5. The van der Waals surface area contributed by atoms with E-state index in [0.29, 0.717) is 36.8 Å². The van der Waals surface area contributed by atoms with Crippen molar-refractivity contribution in [1.82, 2.24) is 4.90 Å². The summed E-state index contributed by atoms with van der Waals surface area (Å²) in [7, 11) is 0. The maximum Gasteiger partial charge on any atom is 0.426 e. The van der Waals surface area contributed by atoms with E-state index in [1.54, 1.807) is 4.90 Å². The lowest BCUT2D eigenvalue weighted by Crippen LogP contribution is -2.49. The average molecular weight is 457 g/mol. The van der Waals surface area contributed by atoms with Crippen LogP contribution in [0.25, 0.3) is 0 Å². The number of piperidine rings is 1. The Labute approximate surface area is 184 Å². The Kier molecular flexibility index (Phi) is 8.17. The number of alkyl halides is 3. The predicted octanol–water partition coefficient (Wildman–Crippen LogP) is 5.50. The Morgan fingerprint density at radius 2 is 1.87 bits per heavy atom. The fraction of sp³-hybridized carbons (Fsp3) is 0.409. The smallest absolute Gasteiger partial charge is 0.426 e. The third kappa shape index (κ3) is 7.72. The quantitative estimate of drug-likeness (QED) is 0.597. The molecule has 1 saturated heterocycles. The molecule has 1 aliphatic rings. The molecule has 9 heteroatoms. The number of hydrogen-bond donors (Lipinski definition) is 1. The molecule has 0 saturated carbocycles. The van der Waals surface area contributed by atoms with Gasteiger partial charge in [-0.25, -0.2) is 4.79 Å². The molecule has 168 valence electrons. The van der Waals surface area contributed by atoms with E-state index >= 15 is 0 Å². The first-order valence-electron chi connectivity index (χ1n) is 9.97. The summed E-state index contributed by atoms with van der Waals surface area (Å²) in [5, 5.41) is 2.74. The number of nitrogens with zero attached hydrogens (tertiary/aromatic N) is 1. The van der Waals surface area contributed by atoms with Crippen LogP contribution >= 0.6 is 11.6 Å². The van der Waals surface area contributed by atoms with Gasteiger partial charge in [0.1, 0.15) is 0 Å². The highest BCUT2D eigenvalue weighted by Crippen LogP contribution is 2.26. The van der Waals surface area contributed by atoms with Crippen molar-refractivity contribution in [2.24, 2.45) is 0 Å². The predicted molar refractivity (Wildman–Crippen MR) is 112 cm³/mol. The molecule has 0 aliphatic carbocycles. The normalized spacial score (nSPS) is 18.4. The van der Waals surface area contributed by atoms with Gasteiger partial charge in [-0.3, -0.25) is 10.2 Å². The highest BCUT2D eigenvalue weighted by atomic mass is 35.5. The lowest BCUT2D eigenvalue weighted by atomic mass is 10.1. The van der Waals surface area contributed by atoms with E-state index < -0.39 is 24.9 Å². The first-order valence-corrected chi connectivity index (χ1v) is 10.3. The van der Waals surface area contributed by atoms with Gasteiger partial charge in [0, 0.05) is 23.8 Å². The minimum Gasteiger partial charge on any atom is -0.435 e. The molecule has 1 N–H and O–H groups in total. The van der Waals surface area contributed by atoms with Gasteiger partial charge in [0.2, 0.25) is 6.10 Å². The summed E-state index contributed by atoms with van der Waals surface area (Å²) < 4.78 is 51.1. The molecule has 2 aromatic rings. The zero-order valence-electron chi connectivity index (χ0n) is 16.8. The van der Waals surface area contributed by atoms with Gasteiger partial charge in [0.15, 0.2) is 0 Å². The molecular formula is C22H24ClF3N2O3. The van der Waals surface area contributed by atoms with E-state index in [2.05, 4.69) is 5.32 Å². The van der Waals surface area contributed by atoms with E-state index in [-0.39, 0.29) is 6.10 Å². The average Bonchev–Trinajstić information content (AvgIpc) is 2.74. The van der Waals surface area contributed by atoms with Crippen molar-refractivity contribution < 1.29 is 27.4 Å². The van der Waals surface area contributed by atoms with Crippen LogP contribution in [0.3, 0.4) is 0 Å². The molecule has 5 nitrogen and oxygen atoms in total. The number of benzene rings is 2. The Morgan fingerprint density at radius 3 is 2.55 bits per heavy atom. The number of carbonyl (C=O) groups excluding carboxylic acids is 1. The molecule has 0 bridgehead atoms. The molecule has 2 unspecified atom stereocenters. The molecule has 3 rings (SSSR count). The summed E-state index contributed by atoms with van der Waals surface area (Å²) in [6.45, 7) is 0.798. The van der Waals surface area contributed by atoms with Crippen molar-refractivity contribution in [3.8, 4) is 0 Å². The van der Waals surface area contributed by atoms with Crippen molar-refractivity contribution in [3.63, 3.8) is 0 Å². The third-order valence-electron chi connectivity index (χ3n) is 4.92. The maximum absolute atomic E-state index is 13.5. The Balaban J connectivity index is 1.53. The van der Waals surface area contributed by atoms with Gasteiger partial charge in [0.05, 0.1) is 12.7 Å². The van der Waals surface area contributed by atoms with Crippen molar-refractivity contribution in [2.75, 3.05) is 25.0 Å². The largest absolute Gasteiger partial charge is 0.435 e. The van der Waals surface area contributed by atoms with E-state index in [9.17, 15) is 18.0 Å². The van der Waals surface area contributed by atoms with Crippen LogP contribution in [-0.4, -0.2) is 49.0 Å². The summed E-state index contributed by atoms with van der Waals surface area (Å²) in [6, 6.07) is 15.6. The van der Waals surface area contributed by atoms with Crippen molar-refractivity contribution in [1.29, 1.82) is 0 Å². The molecular weight excluding hydrogens is 433 g/mol. The van der Waals surface area contributed by atoms with E-state index in [4.69, 9.17) is 21.1 Å². The number of hydrogen-bond acceptors (Lipinski definition) is 4. The molecule has 0 aromatic heterocycles. The minimum absolute atomic E-state index is 0.175. The standard InChI is InChI=1S/C22H24ClF3N2O3/c23-17-8-10-18(11-9-17)27-21(29)31-20(22(24,25)26)14-28-12-4-7-19(13-28)30-15-16-5-2-1-3-6-16/h1-3,5-6,8-11,19-20H,4,7,12-15H2,(H,27,29). The van der Waals surface area contributed by atoms with Gasteiger partial charge in [-0.05, 0) is 49.2 Å². The Bertz CT molecular complexity index is 834. The second kappa shape index (κ2) is 10.8. The SMILES string of the molecule is O=C(Nc1ccc(Cl)cc1)OC(CN1CCCC(OCc2ccccc2)C1)C(F)(F)F. The number of ether oxygens (including phenoxy) is 2. The van der Waals surface area contributed by atoms with Gasteiger partial charge >= 0.3 is 12.3 Å². The fourth-order valence-electron chi connectivity index (χ4n) is 3.36. The molecule has 1 heterocycles. The Hall–Kier alpha value is -2.29. The molecule has 2 aromatic carbocycles. The molecule has 0 spiro atoms. The summed E-state index contributed by atoms with van der Waals surface area (Å²) in [4.78, 5) is 13.6. The minimum atomic E-state index is -4.69. The van der Waals surface area contributed by atoms with Crippen molar-refractivity contribution in [3.05, 3.63) is 65.2 Å². The van der Waals surface area contributed by atoms with Crippen LogP contribution < -0.4 is 5.32 Å². The van der Waals surface area contributed by atoms with Crippen LogP contribution in [0.1, 0.15) is 18.4 Å². The van der Waals surface area contributed by atoms with Crippen molar-refractivity contribution in [2.45, 2.75) is 37.8 Å². The summed E-state index contributed by atoms with van der Waals surface area (Å²) in [5.41, 5.74) is 1.30. The lowest BCUT2D eigenvalue weighted by molar-refractivity contribution is -0.208. The van der Waals surface area contributed by atoms with E-state index in [0.717, 1.165) is 12.0 Å². The number of rotatable bonds is 7. The Morgan fingerprint density at radius 1 is 1.16 bits per heavy atom. The molecule has 1 amide bonds. The van der Waals surface area contributed by atoms with Crippen LogP contribution in [0.15, 0.2) is 54.6 Å². The number of amides is 1. The number of nitrogens with one attached hydrogen (secondary N) is 1. The second-order valence-electron chi connectivity index (χ2n) is 7.39. The summed E-state index contributed by atoms with van der Waals surface area (Å²) >= 11 is 5.76. The maximum atomic E-state index is 13.5. The molecule has 1 fully saturated rings. The first-order chi connectivity index (χ1) is 14.8. The topological polar surface area (TPSA) is 50.8 Å². The molecule has 1 aliphatic heterocycles. The van der Waals surface area contributed by atoms with Crippen LogP contribution in [0.4, 0.5) is 23.7 Å². The van der Waals surface area contributed by atoms with Gasteiger partial charge in [0.25, 0.3) is 0 Å². The first kappa shape index (κ1) is 23.4. The highest BCUT2D eigenvalue weighted by molar-refractivity contribution is 6.30. The molecule has 31 heavy (non-hydrogen) atoms. The highest BCUT2D eigenvalue weighted by Gasteiger charge is 2.44. The fourth-order valence-corrected chi connectivity index (χ4v) is 3.48. The van der Waals surface area contributed by atoms with Crippen molar-refractivity contribution >= 4 is 23.4 Å². The number of likely N-dealkylation sites (tertiary alicyclic amines) is 1. The van der Waals surface area contributed by atoms with Gasteiger partial charge < -0.3 is 9.47 Å².